The second-order valence-electron chi connectivity index (χ2n) is 11.9. The zero-order valence-electron chi connectivity index (χ0n) is 25.0. The first-order valence-electron chi connectivity index (χ1n) is 15.3. The van der Waals surface area contributed by atoms with Crippen molar-refractivity contribution in [1.82, 2.24) is 0 Å². The molecule has 4 aliphatic rings. The van der Waals surface area contributed by atoms with Crippen LogP contribution < -0.4 is 0 Å². The highest BCUT2D eigenvalue weighted by Crippen LogP contribution is 2.32. The normalized spacial score (nSPS) is 44.7. The molecule has 4 rings (SSSR count). The van der Waals surface area contributed by atoms with Gasteiger partial charge in [-0.1, -0.05) is 0 Å². The third-order valence-corrected chi connectivity index (χ3v) is 8.60. The lowest BCUT2D eigenvalue weighted by molar-refractivity contribution is -0.313. The predicted molar refractivity (Wildman–Crippen MR) is 143 cm³/mol. The van der Waals surface area contributed by atoms with E-state index in [1.165, 1.54) is 0 Å². The van der Waals surface area contributed by atoms with Crippen LogP contribution in [0.5, 0.6) is 0 Å². The van der Waals surface area contributed by atoms with E-state index in [1.54, 1.807) is 6.92 Å². The summed E-state index contributed by atoms with van der Waals surface area (Å²) in [5, 5.41) is 19.2. The summed E-state index contributed by atoms with van der Waals surface area (Å²) in [4.78, 5) is 0. The first-order valence-corrected chi connectivity index (χ1v) is 15.3. The number of rotatable bonds is 11. The summed E-state index contributed by atoms with van der Waals surface area (Å²) in [7, 11) is 0. The Balaban J connectivity index is 1.13. The summed E-state index contributed by atoms with van der Waals surface area (Å²) in [6.07, 6.45) is 2.76. The highest BCUT2D eigenvalue weighted by Gasteiger charge is 2.39. The van der Waals surface area contributed by atoms with E-state index in [1.807, 2.05) is 34.6 Å². The van der Waals surface area contributed by atoms with Gasteiger partial charge in [-0.2, -0.15) is 0 Å². The molecule has 0 aromatic heterocycles. The highest BCUT2D eigenvalue weighted by atomic mass is 16.7. The SMILES string of the molecule is CC(O)C(C)OCOC1CC[C@H](OC2CCC(OC3CCC(OC4CCC(O)OC4C)OC3C)OC2C)OC1C. The van der Waals surface area contributed by atoms with Gasteiger partial charge in [0.2, 0.25) is 0 Å². The Bertz CT molecular complexity index is 741. The van der Waals surface area contributed by atoms with Crippen LogP contribution in [0.25, 0.3) is 0 Å². The fraction of sp³-hybridized carbons (Fsp3) is 1.00. The van der Waals surface area contributed by atoms with Crippen molar-refractivity contribution in [2.45, 2.75) is 179 Å². The van der Waals surface area contributed by atoms with Gasteiger partial charge in [0.25, 0.3) is 0 Å². The van der Waals surface area contributed by atoms with Gasteiger partial charge in [-0.15, -0.1) is 0 Å². The number of aliphatic hydroxyl groups is 2. The quantitative estimate of drug-likeness (QED) is 0.352. The van der Waals surface area contributed by atoms with Gasteiger partial charge in [0.1, 0.15) is 6.79 Å². The molecule has 0 aromatic rings. The molecule has 0 saturated carbocycles. The first-order chi connectivity index (χ1) is 19.1. The Morgan fingerprint density at radius 1 is 0.600 bits per heavy atom. The molecule has 0 bridgehead atoms. The minimum atomic E-state index is -0.704. The lowest BCUT2D eigenvalue weighted by Crippen LogP contribution is -2.48. The molecular formula is C29H52O11. The summed E-state index contributed by atoms with van der Waals surface area (Å²) in [5.41, 5.74) is 0. The molecule has 0 aliphatic carbocycles. The van der Waals surface area contributed by atoms with Crippen molar-refractivity contribution in [3.05, 3.63) is 0 Å². The average Bonchev–Trinajstić information content (AvgIpc) is 2.90. The molecule has 11 heteroatoms. The fourth-order valence-corrected chi connectivity index (χ4v) is 5.75. The first kappa shape index (κ1) is 32.5. The molecule has 11 nitrogen and oxygen atoms in total. The average molecular weight is 577 g/mol. The van der Waals surface area contributed by atoms with E-state index in [9.17, 15) is 10.2 Å². The van der Waals surface area contributed by atoms with Gasteiger partial charge >= 0.3 is 0 Å². The lowest BCUT2D eigenvalue weighted by atomic mass is 10.0. The molecular weight excluding hydrogens is 524 g/mol. The van der Waals surface area contributed by atoms with Crippen LogP contribution in [0.2, 0.25) is 0 Å². The van der Waals surface area contributed by atoms with Gasteiger partial charge in [0, 0.05) is 25.7 Å². The van der Waals surface area contributed by atoms with Crippen LogP contribution in [0.3, 0.4) is 0 Å². The van der Waals surface area contributed by atoms with Gasteiger partial charge in [-0.05, 0) is 67.2 Å². The zero-order chi connectivity index (χ0) is 28.8. The topological polar surface area (TPSA) is 124 Å². The number of ether oxygens (including phenoxy) is 9. The van der Waals surface area contributed by atoms with E-state index in [0.717, 1.165) is 44.9 Å². The zero-order valence-corrected chi connectivity index (χ0v) is 25.0. The van der Waals surface area contributed by atoms with Gasteiger partial charge in [0.05, 0.1) is 61.0 Å². The van der Waals surface area contributed by atoms with Crippen molar-refractivity contribution in [1.29, 1.82) is 0 Å². The summed E-state index contributed by atoms with van der Waals surface area (Å²) < 4.78 is 54.1. The van der Waals surface area contributed by atoms with Crippen molar-refractivity contribution < 1.29 is 52.8 Å². The standard InChI is InChI=1S/C29H52O11/c1-16(30)17(2)32-15-33-22-8-12-27(35-18(22)3)39-24-10-14-29(37-20(24)5)40-25-9-13-28(36-21(25)6)38-23-7-11-26(31)34-19(23)4/h16-31H,7-15H2,1-6H3/t16?,17?,18?,19?,20?,21?,22?,23?,24?,25?,26?,27-,28?,29?/m0/s1. The smallest absolute Gasteiger partial charge is 0.158 e. The molecule has 0 spiro atoms. The van der Waals surface area contributed by atoms with Crippen LogP contribution in [-0.4, -0.2) is 103 Å². The van der Waals surface area contributed by atoms with Crippen molar-refractivity contribution in [2.24, 2.45) is 0 Å². The third-order valence-electron chi connectivity index (χ3n) is 8.60. The third kappa shape index (κ3) is 9.28. The molecule has 0 amide bonds. The minimum Gasteiger partial charge on any atom is -0.391 e. The second kappa shape index (κ2) is 15.3. The minimum absolute atomic E-state index is 0.0663. The molecule has 2 N–H and O–H groups in total. The van der Waals surface area contributed by atoms with Gasteiger partial charge in [-0.25, -0.2) is 0 Å². The molecule has 40 heavy (non-hydrogen) atoms. The molecule has 4 heterocycles. The van der Waals surface area contributed by atoms with E-state index < -0.39 is 12.4 Å². The predicted octanol–water partition coefficient (Wildman–Crippen LogP) is 3.36. The Hall–Kier alpha value is -0.440. The number of hydrogen-bond donors (Lipinski definition) is 2. The Labute approximate surface area is 239 Å². The van der Waals surface area contributed by atoms with Gasteiger partial charge in [0.15, 0.2) is 25.2 Å². The van der Waals surface area contributed by atoms with Crippen molar-refractivity contribution in [2.75, 3.05) is 6.79 Å². The van der Waals surface area contributed by atoms with Crippen molar-refractivity contribution in [3.8, 4) is 0 Å². The molecule has 4 aliphatic heterocycles. The number of aliphatic hydroxyl groups excluding tert-OH is 2. The maximum Gasteiger partial charge on any atom is 0.158 e. The van der Waals surface area contributed by atoms with Crippen molar-refractivity contribution in [3.63, 3.8) is 0 Å². The van der Waals surface area contributed by atoms with Crippen LogP contribution in [0.4, 0.5) is 0 Å². The van der Waals surface area contributed by atoms with E-state index in [-0.39, 0.29) is 80.6 Å². The van der Waals surface area contributed by atoms with Gasteiger partial charge < -0.3 is 52.8 Å². The maximum absolute atomic E-state index is 9.66. The van der Waals surface area contributed by atoms with Crippen LogP contribution in [0.15, 0.2) is 0 Å². The maximum atomic E-state index is 9.66. The molecule has 0 aromatic carbocycles. The van der Waals surface area contributed by atoms with Crippen LogP contribution in [0, 0.1) is 0 Å². The highest BCUT2D eigenvalue weighted by molar-refractivity contribution is 4.81. The van der Waals surface area contributed by atoms with E-state index in [4.69, 9.17) is 42.6 Å². The molecule has 0 radical (unpaired) electrons. The summed E-state index contributed by atoms with van der Waals surface area (Å²) in [6.45, 7) is 11.6. The van der Waals surface area contributed by atoms with E-state index >= 15 is 0 Å². The van der Waals surface area contributed by atoms with E-state index in [0.29, 0.717) is 6.42 Å². The Morgan fingerprint density at radius 3 is 1.40 bits per heavy atom. The Morgan fingerprint density at radius 2 is 1.00 bits per heavy atom. The van der Waals surface area contributed by atoms with Crippen LogP contribution >= 0.6 is 0 Å². The van der Waals surface area contributed by atoms with Crippen LogP contribution in [-0.2, 0) is 42.6 Å². The fourth-order valence-electron chi connectivity index (χ4n) is 5.75. The molecule has 13 unspecified atom stereocenters. The molecule has 4 saturated heterocycles. The Kier molecular flexibility index (Phi) is 12.4. The van der Waals surface area contributed by atoms with Gasteiger partial charge in [-0.3, -0.25) is 0 Å². The molecule has 14 atom stereocenters. The second-order valence-corrected chi connectivity index (χ2v) is 11.9. The number of hydrogen-bond acceptors (Lipinski definition) is 11. The molecule has 4 fully saturated rings. The molecule has 234 valence electrons. The van der Waals surface area contributed by atoms with Crippen molar-refractivity contribution >= 4 is 0 Å². The summed E-state index contributed by atoms with van der Waals surface area (Å²) in [5.74, 6) is 0. The summed E-state index contributed by atoms with van der Waals surface area (Å²) >= 11 is 0. The lowest BCUT2D eigenvalue weighted by Gasteiger charge is -2.42. The monoisotopic (exact) mass is 576 g/mol. The largest absolute Gasteiger partial charge is 0.391 e. The van der Waals surface area contributed by atoms with E-state index in [2.05, 4.69) is 0 Å². The van der Waals surface area contributed by atoms with Crippen LogP contribution in [0.1, 0.15) is 92.9 Å². The summed E-state index contributed by atoms with van der Waals surface area (Å²) in [6, 6.07) is 0.